The van der Waals surface area contributed by atoms with Gasteiger partial charge in [0.1, 0.15) is 22.2 Å². The molecule has 0 aliphatic carbocycles. The minimum absolute atomic E-state index is 0.125. The molecule has 4 aromatic rings. The number of aromatic hydroxyl groups is 1. The summed E-state index contributed by atoms with van der Waals surface area (Å²) in [5.74, 6) is 1.43. The number of phenols is 1. The summed E-state index contributed by atoms with van der Waals surface area (Å²) in [6, 6.07) is 15.8. The largest absolute Gasteiger partial charge is 0.508 e. The Morgan fingerprint density at radius 2 is 1.83 bits per heavy atom. The Balaban J connectivity index is 1.44. The van der Waals surface area contributed by atoms with E-state index < -0.39 is 0 Å². The summed E-state index contributed by atoms with van der Waals surface area (Å²) in [6.45, 7) is 9.19. The van der Waals surface area contributed by atoms with Crippen LogP contribution in [0.15, 0.2) is 54.6 Å². The Hall–Kier alpha value is -3.22. The topological polar surface area (TPSA) is 49.8 Å². The molecule has 0 radical (unpaired) electrons. The quantitative estimate of drug-likeness (QED) is 0.270. The van der Waals surface area contributed by atoms with Crippen molar-refractivity contribution in [1.29, 1.82) is 0 Å². The first-order chi connectivity index (χ1) is 17.3. The second-order valence-corrected chi connectivity index (χ2v) is 10.9. The van der Waals surface area contributed by atoms with Crippen LogP contribution < -0.4 is 4.74 Å². The molecule has 5 rings (SSSR count). The second-order valence-electron chi connectivity index (χ2n) is 9.87. The van der Waals surface area contributed by atoms with Gasteiger partial charge in [-0.25, -0.2) is 4.39 Å². The number of likely N-dealkylation sites (tertiary alicyclic amines) is 1. The number of thiophene rings is 1. The van der Waals surface area contributed by atoms with Crippen LogP contribution in [0.25, 0.3) is 10.1 Å². The Morgan fingerprint density at radius 1 is 1.11 bits per heavy atom. The number of carbonyl (C=O) groups is 1. The van der Waals surface area contributed by atoms with Gasteiger partial charge in [-0.2, -0.15) is 0 Å². The molecule has 1 fully saturated rings. The molecular weight excluding hydrogens is 473 g/mol. The number of hydrogen-bond acceptors (Lipinski definition) is 5. The van der Waals surface area contributed by atoms with Crippen LogP contribution in [0.3, 0.4) is 0 Å². The Kier molecular flexibility index (Phi) is 6.82. The molecule has 1 saturated heterocycles. The molecule has 6 heteroatoms. The molecule has 0 unspecified atom stereocenters. The van der Waals surface area contributed by atoms with Gasteiger partial charge in [0, 0.05) is 28.7 Å². The van der Waals surface area contributed by atoms with Crippen molar-refractivity contribution in [2.45, 2.75) is 33.6 Å². The molecule has 0 bridgehead atoms. The molecule has 0 amide bonds. The lowest BCUT2D eigenvalue weighted by molar-refractivity contribution is 0.103. The molecule has 4 nitrogen and oxygen atoms in total. The van der Waals surface area contributed by atoms with Crippen molar-refractivity contribution < 1.29 is 19.0 Å². The van der Waals surface area contributed by atoms with Crippen LogP contribution in [0, 0.1) is 25.6 Å². The molecule has 1 aliphatic rings. The average molecular weight is 504 g/mol. The number of aryl methyl sites for hydroxylation is 2. The third kappa shape index (κ3) is 5.01. The minimum Gasteiger partial charge on any atom is -0.508 e. The fourth-order valence-corrected chi connectivity index (χ4v) is 6.16. The molecule has 0 saturated carbocycles. The maximum atomic E-state index is 13.9. The van der Waals surface area contributed by atoms with Crippen molar-refractivity contribution in [3.8, 4) is 17.2 Å². The molecule has 1 aliphatic heterocycles. The number of ketones is 1. The molecule has 1 aromatic heterocycles. The highest BCUT2D eigenvalue weighted by atomic mass is 32.1. The number of rotatable bonds is 7. The standard InChI is InChI=1S/C30H30FNO3S/c1-18-10-12-32(17-18)13-11-21-4-7-24(8-5-21)35-29-25-9-6-23(33)16-26(25)36-30(29)28(34)27-19(2)14-22(31)15-20(27)3/h4-9,14-16,18,33H,10-13,17H2,1-3H3/t18-/m1/s1. The van der Waals surface area contributed by atoms with Gasteiger partial charge in [0.2, 0.25) is 5.78 Å². The highest BCUT2D eigenvalue weighted by molar-refractivity contribution is 7.21. The summed E-state index contributed by atoms with van der Waals surface area (Å²) in [5.41, 5.74) is 2.89. The number of phenolic OH excluding ortho intramolecular Hbond substituents is 1. The van der Waals surface area contributed by atoms with Gasteiger partial charge in [0.05, 0.1) is 0 Å². The van der Waals surface area contributed by atoms with Crippen LogP contribution in [0.2, 0.25) is 0 Å². The van der Waals surface area contributed by atoms with Gasteiger partial charge in [-0.1, -0.05) is 19.1 Å². The molecule has 186 valence electrons. The van der Waals surface area contributed by atoms with Gasteiger partial charge in [-0.05, 0) is 98.3 Å². The number of nitrogens with zero attached hydrogens (tertiary/aromatic N) is 1. The van der Waals surface area contributed by atoms with Crippen molar-refractivity contribution in [1.82, 2.24) is 4.90 Å². The molecule has 2 heterocycles. The lowest BCUT2D eigenvalue weighted by Crippen LogP contribution is -2.22. The van der Waals surface area contributed by atoms with Crippen molar-refractivity contribution in [3.63, 3.8) is 0 Å². The number of ether oxygens (including phenoxy) is 1. The summed E-state index contributed by atoms with van der Waals surface area (Å²) >= 11 is 1.27. The second kappa shape index (κ2) is 10.0. The molecule has 1 N–H and O–H groups in total. The first-order valence-electron chi connectivity index (χ1n) is 12.3. The fourth-order valence-electron chi connectivity index (χ4n) is 5.05. The van der Waals surface area contributed by atoms with E-state index in [1.807, 2.05) is 12.1 Å². The van der Waals surface area contributed by atoms with E-state index in [0.29, 0.717) is 33.1 Å². The van der Waals surface area contributed by atoms with Crippen molar-refractivity contribution in [3.05, 3.63) is 87.5 Å². The maximum Gasteiger partial charge on any atom is 0.207 e. The first kappa shape index (κ1) is 24.5. The predicted octanol–water partition coefficient (Wildman–Crippen LogP) is 7.27. The Bertz CT molecular complexity index is 1400. The number of halogens is 1. The third-order valence-electron chi connectivity index (χ3n) is 6.93. The van der Waals surface area contributed by atoms with Gasteiger partial charge < -0.3 is 14.7 Å². The molecule has 0 spiro atoms. The third-order valence-corrected chi connectivity index (χ3v) is 8.06. The summed E-state index contributed by atoms with van der Waals surface area (Å²) in [5, 5.41) is 10.8. The average Bonchev–Trinajstić information content (AvgIpc) is 3.40. The van der Waals surface area contributed by atoms with Gasteiger partial charge in [-0.15, -0.1) is 11.3 Å². The van der Waals surface area contributed by atoms with Gasteiger partial charge in [-0.3, -0.25) is 4.79 Å². The van der Waals surface area contributed by atoms with Crippen LogP contribution in [0.4, 0.5) is 4.39 Å². The van der Waals surface area contributed by atoms with Crippen molar-refractivity contribution in [2.75, 3.05) is 19.6 Å². The predicted molar refractivity (Wildman–Crippen MR) is 143 cm³/mol. The van der Waals surface area contributed by atoms with E-state index >= 15 is 0 Å². The van der Waals surface area contributed by atoms with Crippen molar-refractivity contribution in [2.24, 2.45) is 5.92 Å². The zero-order valence-corrected chi connectivity index (χ0v) is 21.6. The highest BCUT2D eigenvalue weighted by Gasteiger charge is 2.25. The minimum atomic E-state index is -0.362. The normalized spacial score (nSPS) is 16.1. The van der Waals surface area contributed by atoms with E-state index in [9.17, 15) is 14.3 Å². The monoisotopic (exact) mass is 503 g/mol. The number of carbonyl (C=O) groups excluding carboxylic acids is 1. The molecule has 1 atom stereocenters. The van der Waals surface area contributed by atoms with E-state index in [1.165, 1.54) is 48.5 Å². The molecule has 36 heavy (non-hydrogen) atoms. The molecular formula is C30H30FNO3S. The summed E-state index contributed by atoms with van der Waals surface area (Å²) < 4.78 is 21.0. The van der Waals surface area contributed by atoms with E-state index in [2.05, 4.69) is 24.0 Å². The Morgan fingerprint density at radius 3 is 2.50 bits per heavy atom. The maximum absolute atomic E-state index is 13.9. The van der Waals surface area contributed by atoms with Gasteiger partial charge in [0.15, 0.2) is 5.75 Å². The zero-order chi connectivity index (χ0) is 25.4. The smallest absolute Gasteiger partial charge is 0.207 e. The highest BCUT2D eigenvalue weighted by Crippen LogP contribution is 2.43. The van der Waals surface area contributed by atoms with Crippen LogP contribution in [-0.2, 0) is 6.42 Å². The van der Waals surface area contributed by atoms with Gasteiger partial charge >= 0.3 is 0 Å². The summed E-state index contributed by atoms with van der Waals surface area (Å²) in [7, 11) is 0. The van der Waals surface area contributed by atoms with E-state index in [-0.39, 0.29) is 17.3 Å². The summed E-state index contributed by atoms with van der Waals surface area (Å²) in [6.07, 6.45) is 2.26. The van der Waals surface area contributed by atoms with E-state index in [4.69, 9.17) is 4.74 Å². The van der Waals surface area contributed by atoms with Crippen LogP contribution >= 0.6 is 11.3 Å². The van der Waals surface area contributed by atoms with Crippen molar-refractivity contribution >= 4 is 27.2 Å². The lowest BCUT2D eigenvalue weighted by Gasteiger charge is -2.15. The van der Waals surface area contributed by atoms with Crippen LogP contribution in [0.1, 0.15) is 45.3 Å². The number of hydrogen-bond donors (Lipinski definition) is 1. The fraction of sp³-hybridized carbons (Fsp3) is 0.300. The van der Waals surface area contributed by atoms with E-state index in [1.54, 1.807) is 32.0 Å². The summed E-state index contributed by atoms with van der Waals surface area (Å²) in [4.78, 5) is 16.6. The van der Waals surface area contributed by atoms with E-state index in [0.717, 1.165) is 29.0 Å². The van der Waals surface area contributed by atoms with Crippen LogP contribution in [0.5, 0.6) is 17.2 Å². The molecule has 3 aromatic carbocycles. The van der Waals surface area contributed by atoms with Gasteiger partial charge in [0.25, 0.3) is 0 Å². The first-order valence-corrected chi connectivity index (χ1v) is 13.2. The Labute approximate surface area is 215 Å². The number of benzene rings is 3. The number of fused-ring (bicyclic) bond motifs is 1. The van der Waals surface area contributed by atoms with Crippen LogP contribution in [-0.4, -0.2) is 35.4 Å². The SMILES string of the molecule is Cc1cc(F)cc(C)c1C(=O)c1sc2cc(O)ccc2c1Oc1ccc(CCN2CC[C@@H](C)C2)cc1. The lowest BCUT2D eigenvalue weighted by atomic mass is 9.97. The zero-order valence-electron chi connectivity index (χ0n) is 20.8.